The molecule has 0 aliphatic carbocycles. The maximum atomic E-state index is 12.0. The SMILES string of the molecule is CN=C(NCC1CCN(C(=O)OC(C)(C)C)CC1)NC(C)(C)C. The van der Waals surface area contributed by atoms with E-state index in [-0.39, 0.29) is 11.6 Å². The summed E-state index contributed by atoms with van der Waals surface area (Å²) in [6.45, 7) is 14.4. The van der Waals surface area contributed by atoms with Gasteiger partial charge in [0.05, 0.1) is 0 Å². The van der Waals surface area contributed by atoms with E-state index in [9.17, 15) is 4.79 Å². The zero-order valence-electron chi connectivity index (χ0n) is 15.8. The summed E-state index contributed by atoms with van der Waals surface area (Å²) in [6.07, 6.45) is 1.77. The smallest absolute Gasteiger partial charge is 0.410 e. The summed E-state index contributed by atoms with van der Waals surface area (Å²) < 4.78 is 5.43. The summed E-state index contributed by atoms with van der Waals surface area (Å²) in [5, 5.41) is 6.73. The molecule has 0 aromatic rings. The lowest BCUT2D eigenvalue weighted by Gasteiger charge is -2.34. The van der Waals surface area contributed by atoms with Crippen molar-refractivity contribution < 1.29 is 9.53 Å². The minimum absolute atomic E-state index is 0.0120. The van der Waals surface area contributed by atoms with Crippen LogP contribution in [0.1, 0.15) is 54.4 Å². The third-order valence-electron chi connectivity index (χ3n) is 3.54. The molecule has 23 heavy (non-hydrogen) atoms. The quantitative estimate of drug-likeness (QED) is 0.605. The van der Waals surface area contributed by atoms with Gasteiger partial charge in [-0.25, -0.2) is 4.79 Å². The number of carbonyl (C=O) groups is 1. The highest BCUT2D eigenvalue weighted by Crippen LogP contribution is 2.19. The van der Waals surface area contributed by atoms with Crippen LogP contribution in [0.2, 0.25) is 0 Å². The van der Waals surface area contributed by atoms with Crippen LogP contribution < -0.4 is 10.6 Å². The molecule has 1 amide bonds. The van der Waals surface area contributed by atoms with Crippen molar-refractivity contribution >= 4 is 12.1 Å². The van der Waals surface area contributed by atoms with Crippen LogP contribution in [-0.2, 0) is 4.74 Å². The molecule has 0 aromatic heterocycles. The highest BCUT2D eigenvalue weighted by Gasteiger charge is 2.27. The molecule has 1 saturated heterocycles. The number of aliphatic imine (C=N–C) groups is 1. The first-order valence-electron chi connectivity index (χ1n) is 8.47. The van der Waals surface area contributed by atoms with Gasteiger partial charge in [-0.1, -0.05) is 0 Å². The Hall–Kier alpha value is -1.46. The molecule has 1 heterocycles. The van der Waals surface area contributed by atoms with Crippen LogP contribution in [0.4, 0.5) is 4.79 Å². The Morgan fingerprint density at radius 1 is 1.17 bits per heavy atom. The van der Waals surface area contributed by atoms with Crippen LogP contribution in [-0.4, -0.2) is 54.8 Å². The van der Waals surface area contributed by atoms with Crippen molar-refractivity contribution in [3.05, 3.63) is 0 Å². The molecule has 1 fully saturated rings. The third-order valence-corrected chi connectivity index (χ3v) is 3.54. The van der Waals surface area contributed by atoms with Crippen molar-refractivity contribution in [1.29, 1.82) is 0 Å². The van der Waals surface area contributed by atoms with Gasteiger partial charge in [-0.3, -0.25) is 4.99 Å². The zero-order chi connectivity index (χ0) is 17.7. The maximum absolute atomic E-state index is 12.0. The molecule has 0 radical (unpaired) electrons. The number of nitrogens with zero attached hydrogens (tertiary/aromatic N) is 2. The van der Waals surface area contributed by atoms with Crippen LogP contribution in [0.25, 0.3) is 0 Å². The molecule has 134 valence electrons. The van der Waals surface area contributed by atoms with Crippen molar-refractivity contribution in [1.82, 2.24) is 15.5 Å². The number of carbonyl (C=O) groups excluding carboxylic acids is 1. The van der Waals surface area contributed by atoms with E-state index >= 15 is 0 Å². The Labute approximate surface area is 141 Å². The molecule has 0 bridgehead atoms. The zero-order valence-corrected chi connectivity index (χ0v) is 15.8. The summed E-state index contributed by atoms with van der Waals surface area (Å²) in [4.78, 5) is 18.1. The fourth-order valence-electron chi connectivity index (χ4n) is 2.42. The number of piperidine rings is 1. The fraction of sp³-hybridized carbons (Fsp3) is 0.882. The number of likely N-dealkylation sites (tertiary alicyclic amines) is 1. The Kier molecular flexibility index (Phi) is 6.71. The Morgan fingerprint density at radius 2 is 1.74 bits per heavy atom. The lowest BCUT2D eigenvalue weighted by Crippen LogP contribution is -2.49. The highest BCUT2D eigenvalue weighted by atomic mass is 16.6. The number of hydrogen-bond acceptors (Lipinski definition) is 3. The van der Waals surface area contributed by atoms with Crippen LogP contribution in [0.3, 0.4) is 0 Å². The van der Waals surface area contributed by atoms with Gasteiger partial charge >= 0.3 is 6.09 Å². The molecule has 0 aromatic carbocycles. The van der Waals surface area contributed by atoms with E-state index < -0.39 is 5.60 Å². The van der Waals surface area contributed by atoms with E-state index in [2.05, 4.69) is 36.4 Å². The highest BCUT2D eigenvalue weighted by molar-refractivity contribution is 5.80. The number of ether oxygens (including phenoxy) is 1. The van der Waals surface area contributed by atoms with Gasteiger partial charge in [0.15, 0.2) is 5.96 Å². The second-order valence-electron chi connectivity index (χ2n) is 8.24. The Balaban J connectivity index is 2.35. The Morgan fingerprint density at radius 3 is 2.17 bits per heavy atom. The molecule has 0 unspecified atom stereocenters. The van der Waals surface area contributed by atoms with Gasteiger partial charge in [0.2, 0.25) is 0 Å². The molecule has 6 heteroatoms. The maximum Gasteiger partial charge on any atom is 0.410 e. The van der Waals surface area contributed by atoms with E-state index in [0.29, 0.717) is 5.92 Å². The third kappa shape index (κ3) is 8.09. The molecule has 0 saturated carbocycles. The average molecular weight is 326 g/mol. The van der Waals surface area contributed by atoms with Crippen molar-refractivity contribution in [3.63, 3.8) is 0 Å². The van der Waals surface area contributed by atoms with E-state index in [0.717, 1.165) is 38.4 Å². The second-order valence-corrected chi connectivity index (χ2v) is 8.24. The van der Waals surface area contributed by atoms with Gasteiger partial charge in [-0.05, 0) is 60.3 Å². The predicted octanol–water partition coefficient (Wildman–Crippen LogP) is 2.60. The van der Waals surface area contributed by atoms with Crippen molar-refractivity contribution in [3.8, 4) is 0 Å². The molecule has 0 spiro atoms. The largest absolute Gasteiger partial charge is 0.444 e. The standard InChI is InChI=1S/C17H34N4O2/c1-16(2,3)20-14(18-7)19-12-13-8-10-21(11-9-13)15(22)23-17(4,5)6/h13H,8-12H2,1-7H3,(H2,18,19,20). The van der Waals surface area contributed by atoms with Gasteiger partial charge < -0.3 is 20.3 Å². The predicted molar refractivity (Wildman–Crippen MR) is 94.8 cm³/mol. The molecule has 2 N–H and O–H groups in total. The van der Waals surface area contributed by atoms with Crippen LogP contribution in [0.5, 0.6) is 0 Å². The summed E-state index contributed by atoms with van der Waals surface area (Å²) in [5.74, 6) is 1.37. The second kappa shape index (κ2) is 7.88. The Bertz CT molecular complexity index is 413. The molecule has 1 rings (SSSR count). The summed E-state index contributed by atoms with van der Waals surface area (Å²) in [5.41, 5.74) is -0.442. The average Bonchev–Trinajstić information content (AvgIpc) is 2.41. The first-order chi connectivity index (χ1) is 10.5. The van der Waals surface area contributed by atoms with Crippen LogP contribution in [0, 0.1) is 5.92 Å². The first-order valence-corrected chi connectivity index (χ1v) is 8.47. The van der Waals surface area contributed by atoms with Gasteiger partial charge in [0.1, 0.15) is 5.60 Å². The van der Waals surface area contributed by atoms with E-state index in [4.69, 9.17) is 4.74 Å². The normalized spacial score (nSPS) is 17.9. The molecular weight excluding hydrogens is 292 g/mol. The molecule has 1 aliphatic heterocycles. The fourth-order valence-corrected chi connectivity index (χ4v) is 2.42. The minimum atomic E-state index is -0.430. The summed E-state index contributed by atoms with van der Waals surface area (Å²) in [7, 11) is 1.78. The monoisotopic (exact) mass is 326 g/mol. The molecule has 6 nitrogen and oxygen atoms in total. The lowest BCUT2D eigenvalue weighted by atomic mass is 9.97. The van der Waals surface area contributed by atoms with Crippen molar-refractivity contribution in [2.75, 3.05) is 26.7 Å². The summed E-state index contributed by atoms with van der Waals surface area (Å²) in [6, 6.07) is 0. The van der Waals surface area contributed by atoms with E-state index in [1.165, 1.54) is 0 Å². The van der Waals surface area contributed by atoms with E-state index in [1.807, 2.05) is 25.7 Å². The van der Waals surface area contributed by atoms with Gasteiger partial charge in [-0.2, -0.15) is 0 Å². The van der Waals surface area contributed by atoms with Crippen molar-refractivity contribution in [2.45, 2.75) is 65.5 Å². The number of hydrogen-bond donors (Lipinski definition) is 2. The molecule has 0 atom stereocenters. The van der Waals surface area contributed by atoms with Gasteiger partial charge in [0, 0.05) is 32.2 Å². The lowest BCUT2D eigenvalue weighted by molar-refractivity contribution is 0.0185. The molecular formula is C17H34N4O2. The van der Waals surface area contributed by atoms with Crippen molar-refractivity contribution in [2.24, 2.45) is 10.9 Å². The topological polar surface area (TPSA) is 66.0 Å². The summed E-state index contributed by atoms with van der Waals surface area (Å²) >= 11 is 0. The van der Waals surface area contributed by atoms with Crippen LogP contribution >= 0.6 is 0 Å². The first kappa shape index (κ1) is 19.6. The number of guanidine groups is 1. The number of rotatable bonds is 2. The van der Waals surface area contributed by atoms with E-state index in [1.54, 1.807) is 7.05 Å². The van der Waals surface area contributed by atoms with Gasteiger partial charge in [0.25, 0.3) is 0 Å². The molecule has 1 aliphatic rings. The number of amides is 1. The minimum Gasteiger partial charge on any atom is -0.444 e. The van der Waals surface area contributed by atoms with Gasteiger partial charge in [-0.15, -0.1) is 0 Å². The number of nitrogens with one attached hydrogen (secondary N) is 2. The van der Waals surface area contributed by atoms with Crippen LogP contribution in [0.15, 0.2) is 4.99 Å².